The summed E-state index contributed by atoms with van der Waals surface area (Å²) in [5.41, 5.74) is -0.745. The lowest BCUT2D eigenvalue weighted by atomic mass is 9.73. The molecule has 1 N–H and O–H groups in total. The van der Waals surface area contributed by atoms with Crippen LogP contribution in [0.25, 0.3) is 0 Å². The van der Waals surface area contributed by atoms with Gasteiger partial charge in [-0.25, -0.2) is 4.79 Å². The Morgan fingerprint density at radius 2 is 2.21 bits per heavy atom. The highest BCUT2D eigenvalue weighted by molar-refractivity contribution is 6.07. The summed E-state index contributed by atoms with van der Waals surface area (Å²) in [5, 5.41) is 2.85. The van der Waals surface area contributed by atoms with Gasteiger partial charge >= 0.3 is 12.0 Å². The maximum Gasteiger partial charge on any atom is 0.325 e. The largest absolute Gasteiger partial charge is 0.469 e. The molecule has 0 aromatic heterocycles. The summed E-state index contributed by atoms with van der Waals surface area (Å²) >= 11 is 0. The molecule has 2 fully saturated rings. The molecule has 1 spiro atoms. The van der Waals surface area contributed by atoms with Crippen LogP contribution in [0, 0.1) is 5.92 Å². The number of hydrogen-bond donors (Lipinski definition) is 1. The third-order valence-corrected chi connectivity index (χ3v) is 4.27. The Morgan fingerprint density at radius 3 is 2.84 bits per heavy atom. The number of carbonyl (C=O) groups excluding carboxylic acids is 3. The summed E-state index contributed by atoms with van der Waals surface area (Å²) in [6.45, 7) is 2.09. The second kappa shape index (κ2) is 5.19. The van der Waals surface area contributed by atoms with Crippen LogP contribution in [0.2, 0.25) is 0 Å². The fraction of sp³-hybridized carbons (Fsp3) is 0.769. The average molecular weight is 268 g/mol. The zero-order valence-corrected chi connectivity index (χ0v) is 11.4. The molecule has 1 saturated carbocycles. The first-order chi connectivity index (χ1) is 9.01. The Morgan fingerprint density at radius 1 is 1.47 bits per heavy atom. The van der Waals surface area contributed by atoms with Gasteiger partial charge in [0, 0.05) is 6.54 Å². The standard InChI is InChI=1S/C13H20N2O4/c1-9-5-3-4-7-13(9)11(17)15(12(18)14-13)8-6-10(16)19-2/h9H,3-8H2,1-2H3,(H,14,18)/t9-,13+/m1/s1. The maximum absolute atomic E-state index is 12.5. The molecule has 1 aliphatic heterocycles. The number of imide groups is 1. The molecule has 2 aliphatic rings. The molecule has 2 atom stereocenters. The van der Waals surface area contributed by atoms with E-state index in [1.165, 1.54) is 7.11 Å². The van der Waals surface area contributed by atoms with Crippen molar-refractivity contribution >= 4 is 17.9 Å². The smallest absolute Gasteiger partial charge is 0.325 e. The summed E-state index contributed by atoms with van der Waals surface area (Å²) in [7, 11) is 1.29. The summed E-state index contributed by atoms with van der Waals surface area (Å²) in [6, 6.07) is -0.386. The highest BCUT2D eigenvalue weighted by Crippen LogP contribution is 2.38. The SMILES string of the molecule is COC(=O)CCN1C(=O)N[C@]2(CCCC[C@H]2C)C1=O. The number of amides is 3. The Labute approximate surface area is 112 Å². The molecule has 1 aliphatic carbocycles. The third-order valence-electron chi connectivity index (χ3n) is 4.27. The van der Waals surface area contributed by atoms with Crippen LogP contribution in [0.15, 0.2) is 0 Å². The first-order valence-electron chi connectivity index (χ1n) is 6.72. The van der Waals surface area contributed by atoms with Gasteiger partial charge in [-0.2, -0.15) is 0 Å². The van der Waals surface area contributed by atoms with Crippen molar-refractivity contribution in [3.63, 3.8) is 0 Å². The Kier molecular flexibility index (Phi) is 3.78. The summed E-state index contributed by atoms with van der Waals surface area (Å²) in [6.07, 6.45) is 3.71. The minimum atomic E-state index is -0.745. The van der Waals surface area contributed by atoms with Crippen LogP contribution in [0.3, 0.4) is 0 Å². The number of esters is 1. The monoisotopic (exact) mass is 268 g/mol. The lowest BCUT2D eigenvalue weighted by Gasteiger charge is -2.36. The van der Waals surface area contributed by atoms with Crippen LogP contribution < -0.4 is 5.32 Å². The summed E-state index contributed by atoms with van der Waals surface area (Å²) in [5.74, 6) is -0.465. The molecule has 0 unspecified atom stereocenters. The number of nitrogens with one attached hydrogen (secondary N) is 1. The van der Waals surface area contributed by atoms with E-state index >= 15 is 0 Å². The van der Waals surface area contributed by atoms with E-state index in [9.17, 15) is 14.4 Å². The average Bonchev–Trinajstić information content (AvgIpc) is 2.63. The second-order valence-electron chi connectivity index (χ2n) is 5.33. The van der Waals surface area contributed by atoms with Gasteiger partial charge in [-0.15, -0.1) is 0 Å². The topological polar surface area (TPSA) is 75.7 Å². The molecule has 0 aromatic rings. The van der Waals surface area contributed by atoms with E-state index in [2.05, 4.69) is 10.1 Å². The Balaban J connectivity index is 2.09. The van der Waals surface area contributed by atoms with Crippen molar-refractivity contribution in [2.75, 3.05) is 13.7 Å². The van der Waals surface area contributed by atoms with E-state index in [0.717, 1.165) is 24.2 Å². The van der Waals surface area contributed by atoms with E-state index < -0.39 is 11.5 Å². The van der Waals surface area contributed by atoms with Crippen molar-refractivity contribution in [1.29, 1.82) is 0 Å². The number of nitrogens with zero attached hydrogens (tertiary/aromatic N) is 1. The van der Waals surface area contributed by atoms with E-state index in [4.69, 9.17) is 0 Å². The predicted molar refractivity (Wildman–Crippen MR) is 67.2 cm³/mol. The molecular formula is C13H20N2O4. The minimum Gasteiger partial charge on any atom is -0.469 e. The van der Waals surface area contributed by atoms with Crippen LogP contribution >= 0.6 is 0 Å². The first kappa shape index (κ1) is 13.8. The lowest BCUT2D eigenvalue weighted by Crippen LogP contribution is -2.53. The van der Waals surface area contributed by atoms with Gasteiger partial charge < -0.3 is 10.1 Å². The van der Waals surface area contributed by atoms with Gasteiger partial charge in [-0.1, -0.05) is 19.8 Å². The van der Waals surface area contributed by atoms with Gasteiger partial charge in [-0.3, -0.25) is 14.5 Å². The van der Waals surface area contributed by atoms with E-state index in [1.807, 2.05) is 6.92 Å². The van der Waals surface area contributed by atoms with Crippen molar-refractivity contribution in [1.82, 2.24) is 10.2 Å². The van der Waals surface area contributed by atoms with Gasteiger partial charge in [0.25, 0.3) is 5.91 Å². The van der Waals surface area contributed by atoms with Gasteiger partial charge in [0.2, 0.25) is 0 Å². The molecule has 19 heavy (non-hydrogen) atoms. The van der Waals surface area contributed by atoms with Crippen molar-refractivity contribution in [3.8, 4) is 0 Å². The van der Waals surface area contributed by atoms with Gasteiger partial charge in [0.1, 0.15) is 5.54 Å². The van der Waals surface area contributed by atoms with E-state index in [1.54, 1.807) is 0 Å². The molecule has 6 heteroatoms. The molecule has 2 rings (SSSR count). The minimum absolute atomic E-state index is 0.0418. The summed E-state index contributed by atoms with van der Waals surface area (Å²) in [4.78, 5) is 36.7. The fourth-order valence-electron chi connectivity index (χ4n) is 3.00. The van der Waals surface area contributed by atoms with Crippen LogP contribution in [0.5, 0.6) is 0 Å². The molecule has 1 heterocycles. The van der Waals surface area contributed by atoms with Crippen LogP contribution in [-0.4, -0.2) is 42.0 Å². The van der Waals surface area contributed by atoms with E-state index in [-0.39, 0.29) is 30.8 Å². The highest BCUT2D eigenvalue weighted by Gasteiger charge is 2.54. The number of urea groups is 1. The molecule has 106 valence electrons. The normalized spacial score (nSPS) is 30.6. The van der Waals surface area contributed by atoms with Crippen LogP contribution in [-0.2, 0) is 14.3 Å². The zero-order chi connectivity index (χ0) is 14.0. The van der Waals surface area contributed by atoms with E-state index in [0.29, 0.717) is 6.42 Å². The number of hydrogen-bond acceptors (Lipinski definition) is 4. The molecule has 6 nitrogen and oxygen atoms in total. The Hall–Kier alpha value is -1.59. The molecular weight excluding hydrogens is 248 g/mol. The third kappa shape index (κ3) is 2.31. The van der Waals surface area contributed by atoms with Gasteiger partial charge in [0.05, 0.1) is 13.5 Å². The molecule has 0 radical (unpaired) electrons. The highest BCUT2D eigenvalue weighted by atomic mass is 16.5. The fourth-order valence-corrected chi connectivity index (χ4v) is 3.00. The molecule has 3 amide bonds. The number of methoxy groups -OCH3 is 1. The van der Waals surface area contributed by atoms with Crippen LogP contribution in [0.4, 0.5) is 4.79 Å². The van der Waals surface area contributed by atoms with Crippen molar-refractivity contribution in [2.24, 2.45) is 5.92 Å². The number of ether oxygens (including phenoxy) is 1. The number of carbonyl (C=O) groups is 3. The van der Waals surface area contributed by atoms with Crippen molar-refractivity contribution < 1.29 is 19.1 Å². The van der Waals surface area contributed by atoms with Crippen molar-refractivity contribution in [3.05, 3.63) is 0 Å². The molecule has 0 bridgehead atoms. The van der Waals surface area contributed by atoms with Gasteiger partial charge in [-0.05, 0) is 18.8 Å². The summed E-state index contributed by atoms with van der Waals surface area (Å²) < 4.78 is 4.53. The molecule has 0 aromatic carbocycles. The molecule has 1 saturated heterocycles. The maximum atomic E-state index is 12.5. The lowest BCUT2D eigenvalue weighted by molar-refractivity contribution is -0.141. The van der Waals surface area contributed by atoms with Gasteiger partial charge in [0.15, 0.2) is 0 Å². The Bertz CT molecular complexity index is 409. The second-order valence-corrected chi connectivity index (χ2v) is 5.33. The predicted octanol–water partition coefficient (Wildman–Crippen LogP) is 1.05. The quantitative estimate of drug-likeness (QED) is 0.613. The first-order valence-corrected chi connectivity index (χ1v) is 6.72. The number of rotatable bonds is 3. The zero-order valence-electron chi connectivity index (χ0n) is 11.4. The van der Waals surface area contributed by atoms with Crippen LogP contribution in [0.1, 0.15) is 39.0 Å². The van der Waals surface area contributed by atoms with Crippen molar-refractivity contribution in [2.45, 2.75) is 44.6 Å².